The van der Waals surface area contributed by atoms with Crippen LogP contribution in [-0.4, -0.2) is 0 Å². The van der Waals surface area contributed by atoms with Gasteiger partial charge in [0.15, 0.2) is 0 Å². The maximum Gasteiger partial charge on any atom is -0.00261 e. The first-order valence-electron chi connectivity index (χ1n) is 19.2. The second kappa shape index (κ2) is 12.5. The van der Waals surface area contributed by atoms with Crippen molar-refractivity contribution in [1.29, 1.82) is 0 Å². The molecule has 0 unspecified atom stereocenters. The van der Waals surface area contributed by atoms with Crippen molar-refractivity contribution in [2.75, 3.05) is 0 Å². The van der Waals surface area contributed by atoms with E-state index >= 15 is 0 Å². The molecule has 0 heteroatoms. The zero-order chi connectivity index (χ0) is 36.5. The van der Waals surface area contributed by atoms with Crippen LogP contribution in [0.2, 0.25) is 0 Å². The molecule has 11 rings (SSSR count). The Hall–Kier alpha value is -7.02. The van der Waals surface area contributed by atoms with Gasteiger partial charge in [0.25, 0.3) is 0 Å². The first kappa shape index (κ1) is 31.5. The average molecular weight is 697 g/mol. The standard InChI is InChI=1S/C55H36/c1-35-30-42(54-48-22-10-6-18-44(48)52(45-19-7-11-23-49(45)54)40-28-26-36-14-2-4-16-38(36)32-40)34-43(31-35)55-50-24-12-8-20-46(50)53(47-21-9-13-25-51(47)55)41-29-27-37-15-3-5-17-39(37)33-41/h2-34H,1H3. The summed E-state index contributed by atoms with van der Waals surface area (Å²) in [7, 11) is 0. The minimum atomic E-state index is 1.24. The molecule has 0 aliphatic carbocycles. The van der Waals surface area contributed by atoms with Crippen LogP contribution in [0.5, 0.6) is 0 Å². The van der Waals surface area contributed by atoms with E-state index in [1.54, 1.807) is 0 Å². The Balaban J connectivity index is 1.18. The number of hydrogen-bond donors (Lipinski definition) is 0. The van der Waals surface area contributed by atoms with Crippen molar-refractivity contribution in [3.63, 3.8) is 0 Å². The van der Waals surface area contributed by atoms with Crippen molar-refractivity contribution < 1.29 is 0 Å². The Bertz CT molecular complexity index is 2990. The fraction of sp³-hybridized carbons (Fsp3) is 0.0182. The second-order valence-electron chi connectivity index (χ2n) is 14.9. The zero-order valence-electron chi connectivity index (χ0n) is 30.6. The number of benzene rings is 11. The lowest BCUT2D eigenvalue weighted by Crippen LogP contribution is -1.94. The molecule has 0 N–H and O–H groups in total. The van der Waals surface area contributed by atoms with Crippen LogP contribution in [0.15, 0.2) is 200 Å². The highest BCUT2D eigenvalue weighted by molar-refractivity contribution is 6.24. The van der Waals surface area contributed by atoms with Gasteiger partial charge in [0.2, 0.25) is 0 Å². The van der Waals surface area contributed by atoms with Gasteiger partial charge in [-0.05, 0) is 140 Å². The molecule has 0 bridgehead atoms. The molecule has 0 aliphatic rings. The Morgan fingerprint density at radius 2 is 0.491 bits per heavy atom. The van der Waals surface area contributed by atoms with Gasteiger partial charge >= 0.3 is 0 Å². The van der Waals surface area contributed by atoms with Crippen LogP contribution >= 0.6 is 0 Å². The van der Waals surface area contributed by atoms with Crippen molar-refractivity contribution >= 4 is 64.6 Å². The summed E-state index contributed by atoms with van der Waals surface area (Å²) in [6.45, 7) is 2.24. The minimum Gasteiger partial charge on any atom is -0.0616 e. The molecule has 0 radical (unpaired) electrons. The average Bonchev–Trinajstić information content (AvgIpc) is 3.24. The van der Waals surface area contributed by atoms with E-state index in [0.717, 1.165) is 0 Å². The van der Waals surface area contributed by atoms with Crippen molar-refractivity contribution in [2.45, 2.75) is 6.92 Å². The van der Waals surface area contributed by atoms with Crippen molar-refractivity contribution in [2.24, 2.45) is 0 Å². The molecule has 0 saturated heterocycles. The van der Waals surface area contributed by atoms with Crippen molar-refractivity contribution in [1.82, 2.24) is 0 Å². The molecular formula is C55H36. The quantitative estimate of drug-likeness (QED) is 0.161. The molecule has 0 saturated carbocycles. The summed E-state index contributed by atoms with van der Waals surface area (Å²) < 4.78 is 0. The first-order chi connectivity index (χ1) is 27.2. The Morgan fingerprint density at radius 1 is 0.218 bits per heavy atom. The fourth-order valence-corrected chi connectivity index (χ4v) is 9.26. The maximum absolute atomic E-state index is 2.45. The van der Waals surface area contributed by atoms with E-state index in [9.17, 15) is 0 Å². The summed E-state index contributed by atoms with van der Waals surface area (Å²) in [6.07, 6.45) is 0. The van der Waals surface area contributed by atoms with Crippen LogP contribution in [0, 0.1) is 6.92 Å². The zero-order valence-corrected chi connectivity index (χ0v) is 30.6. The number of rotatable bonds is 4. The SMILES string of the molecule is Cc1cc(-c2c3ccccc3c(-c3ccc4ccccc4c3)c3ccccc23)cc(-c2c3ccccc3c(-c3ccc4ccccc4c3)c3ccccc23)c1. The number of fused-ring (bicyclic) bond motifs is 6. The summed E-state index contributed by atoms with van der Waals surface area (Å²) in [4.78, 5) is 0. The molecule has 11 aromatic carbocycles. The van der Waals surface area contributed by atoms with Crippen LogP contribution in [0.25, 0.3) is 109 Å². The Morgan fingerprint density at radius 3 is 0.818 bits per heavy atom. The van der Waals surface area contributed by atoms with Gasteiger partial charge in [-0.1, -0.05) is 182 Å². The van der Waals surface area contributed by atoms with E-state index in [1.165, 1.54) is 115 Å². The highest BCUT2D eigenvalue weighted by Crippen LogP contribution is 2.48. The third-order valence-corrected chi connectivity index (χ3v) is 11.6. The molecule has 0 atom stereocenters. The van der Waals surface area contributed by atoms with E-state index < -0.39 is 0 Å². The monoisotopic (exact) mass is 696 g/mol. The molecule has 0 aliphatic heterocycles. The van der Waals surface area contributed by atoms with Crippen LogP contribution in [0.1, 0.15) is 5.56 Å². The van der Waals surface area contributed by atoms with Crippen LogP contribution in [-0.2, 0) is 0 Å². The fourth-order valence-electron chi connectivity index (χ4n) is 9.26. The third kappa shape index (κ3) is 5.07. The summed E-state index contributed by atoms with van der Waals surface area (Å²) in [5.41, 5.74) is 11.3. The minimum absolute atomic E-state index is 1.24. The van der Waals surface area contributed by atoms with E-state index in [4.69, 9.17) is 0 Å². The molecule has 0 fully saturated rings. The summed E-state index contributed by atoms with van der Waals surface area (Å²) in [5, 5.41) is 15.2. The summed E-state index contributed by atoms with van der Waals surface area (Å²) in [5.74, 6) is 0. The topological polar surface area (TPSA) is 0 Å². The van der Waals surface area contributed by atoms with Crippen LogP contribution in [0.3, 0.4) is 0 Å². The molecule has 0 spiro atoms. The normalized spacial score (nSPS) is 11.7. The van der Waals surface area contributed by atoms with Gasteiger partial charge in [0, 0.05) is 0 Å². The second-order valence-corrected chi connectivity index (χ2v) is 14.9. The maximum atomic E-state index is 2.45. The molecule has 0 aromatic heterocycles. The van der Waals surface area contributed by atoms with E-state index in [-0.39, 0.29) is 0 Å². The highest BCUT2D eigenvalue weighted by atomic mass is 14.2. The number of hydrogen-bond acceptors (Lipinski definition) is 0. The van der Waals surface area contributed by atoms with Crippen LogP contribution in [0.4, 0.5) is 0 Å². The van der Waals surface area contributed by atoms with Gasteiger partial charge in [0.1, 0.15) is 0 Å². The lowest BCUT2D eigenvalue weighted by Gasteiger charge is -2.20. The van der Waals surface area contributed by atoms with Gasteiger partial charge in [-0.2, -0.15) is 0 Å². The highest BCUT2D eigenvalue weighted by Gasteiger charge is 2.20. The van der Waals surface area contributed by atoms with Crippen LogP contribution < -0.4 is 0 Å². The summed E-state index contributed by atoms with van der Waals surface area (Å²) in [6, 6.07) is 74.3. The van der Waals surface area contributed by atoms with Gasteiger partial charge in [-0.15, -0.1) is 0 Å². The van der Waals surface area contributed by atoms with Gasteiger partial charge < -0.3 is 0 Å². The Labute approximate surface area is 320 Å². The Kier molecular flexibility index (Phi) is 7.19. The van der Waals surface area contributed by atoms with E-state index in [1.807, 2.05) is 0 Å². The summed E-state index contributed by atoms with van der Waals surface area (Å²) >= 11 is 0. The lowest BCUT2D eigenvalue weighted by molar-refractivity contribution is 1.47. The molecule has 0 amide bonds. The van der Waals surface area contributed by atoms with E-state index in [0.29, 0.717) is 0 Å². The molecule has 256 valence electrons. The lowest BCUT2D eigenvalue weighted by atomic mass is 9.83. The predicted octanol–water partition coefficient (Wildman–Crippen LogP) is 15.6. The van der Waals surface area contributed by atoms with Gasteiger partial charge in [-0.25, -0.2) is 0 Å². The van der Waals surface area contributed by atoms with Crippen molar-refractivity contribution in [3.8, 4) is 44.5 Å². The largest absolute Gasteiger partial charge is 0.0616 e. The molecular weight excluding hydrogens is 661 g/mol. The van der Waals surface area contributed by atoms with Gasteiger partial charge in [-0.3, -0.25) is 0 Å². The molecule has 55 heavy (non-hydrogen) atoms. The van der Waals surface area contributed by atoms with E-state index in [2.05, 4.69) is 207 Å². The molecule has 0 heterocycles. The first-order valence-corrected chi connectivity index (χ1v) is 19.2. The smallest absolute Gasteiger partial charge is 0.00261 e. The number of aryl methyl sites for hydroxylation is 1. The molecule has 0 nitrogen and oxygen atoms in total. The third-order valence-electron chi connectivity index (χ3n) is 11.6. The predicted molar refractivity (Wildman–Crippen MR) is 238 cm³/mol. The van der Waals surface area contributed by atoms with Crippen molar-refractivity contribution in [3.05, 3.63) is 206 Å². The van der Waals surface area contributed by atoms with Gasteiger partial charge in [0.05, 0.1) is 0 Å². The molecule has 11 aromatic rings.